The van der Waals surface area contributed by atoms with Crippen LogP contribution in [0.2, 0.25) is 0 Å². The number of epoxide rings is 1. The van der Waals surface area contributed by atoms with E-state index in [1.807, 2.05) is 49.5 Å². The average Bonchev–Trinajstić information content (AvgIpc) is 3.53. The summed E-state index contributed by atoms with van der Waals surface area (Å²) in [6.07, 6.45) is -2.64. The number of esters is 1. The molecule has 19 nitrogen and oxygen atoms in total. The Kier molecular flexibility index (Phi) is 13.2. The number of aromatic nitrogens is 6. The van der Waals surface area contributed by atoms with Gasteiger partial charge in [-0.05, 0) is 72.7 Å². The number of aryl methyl sites for hydroxylation is 1. The smallest absolute Gasteiger partial charge is 0.410 e. The number of ketones is 2. The van der Waals surface area contributed by atoms with Crippen LogP contribution in [0.4, 0.5) is 4.79 Å². The summed E-state index contributed by atoms with van der Waals surface area (Å²) in [7, 11) is 5.12. The van der Waals surface area contributed by atoms with E-state index in [1.165, 1.54) is 14.0 Å². The zero-order valence-electron chi connectivity index (χ0n) is 37.4. The maximum atomic E-state index is 14.8. The number of carbonyl (C=O) groups excluding carboxylic acids is 4. The fourth-order valence-electron chi connectivity index (χ4n) is 10.1. The summed E-state index contributed by atoms with van der Waals surface area (Å²) in [5.41, 5.74) is -0.334. The van der Waals surface area contributed by atoms with Crippen molar-refractivity contribution in [2.45, 2.75) is 148 Å². The molecule has 0 spiro atoms. The fraction of sp³-hybridized carbons (Fsp3) is 0.721. The van der Waals surface area contributed by atoms with Crippen molar-refractivity contribution in [3.63, 3.8) is 0 Å². The van der Waals surface area contributed by atoms with Crippen LogP contribution in [0.1, 0.15) is 79.8 Å². The van der Waals surface area contributed by atoms with E-state index in [4.69, 9.17) is 28.4 Å². The fourth-order valence-corrected chi connectivity index (χ4v) is 10.1. The van der Waals surface area contributed by atoms with Gasteiger partial charge in [-0.15, -0.1) is 10.2 Å². The topological polar surface area (TPSA) is 215 Å². The Morgan fingerprint density at radius 3 is 2.39 bits per heavy atom. The Morgan fingerprint density at radius 1 is 0.952 bits per heavy atom. The standard InChI is InChI=1S/C43H62N8O11/c1-11-30-43(7)36(50(41(56)62-43)19-15-14-18-49-21-27(44-46-49)22-51-29-17-13-12-16-28(29)45-47-51)24(3)32(52)23(2)20-42(6,57-10)37(25(4)33(53)26(5)38(55)58-30)60-39-34(54)31(48(8)9)35-40(59-35)61-39/h12-13,16-17,21,23-26,30-31,34-37,39-40,54H,11,14-15,18-20,22H2,1-10H3/t23-,24+,25+,26-,30?,31?,34?,35?,36?,37-,39?,40?,42+,43-/m1/s1. The molecule has 1 amide bonds. The summed E-state index contributed by atoms with van der Waals surface area (Å²) in [5.74, 6) is -5.17. The second-order valence-corrected chi connectivity index (χ2v) is 18.1. The molecule has 14 atom stereocenters. The monoisotopic (exact) mass is 866 g/mol. The maximum absolute atomic E-state index is 14.8. The third kappa shape index (κ3) is 8.63. The lowest BCUT2D eigenvalue weighted by molar-refractivity contribution is -0.284. The third-order valence-corrected chi connectivity index (χ3v) is 13.6. The second kappa shape index (κ2) is 18.0. The molecular formula is C43H62N8O11. The largest absolute Gasteiger partial charge is 0.458 e. The summed E-state index contributed by atoms with van der Waals surface area (Å²) < 4.78 is 40.2. The quantitative estimate of drug-likeness (QED) is 0.120. The van der Waals surface area contributed by atoms with E-state index in [9.17, 15) is 24.3 Å². The van der Waals surface area contributed by atoms with Gasteiger partial charge in [0.1, 0.15) is 41.2 Å². The average molecular weight is 867 g/mol. The van der Waals surface area contributed by atoms with Crippen LogP contribution in [-0.2, 0) is 55.9 Å². The molecule has 4 fully saturated rings. The lowest BCUT2D eigenvalue weighted by atomic mass is 9.73. The number of nitrogens with zero attached hydrogens (tertiary/aromatic N) is 8. The van der Waals surface area contributed by atoms with Crippen molar-refractivity contribution in [1.29, 1.82) is 0 Å². The summed E-state index contributed by atoms with van der Waals surface area (Å²) in [6.45, 7) is 13.1. The van der Waals surface area contributed by atoms with Crippen LogP contribution < -0.4 is 0 Å². The number of hydrogen-bond donors (Lipinski definition) is 1. The number of benzene rings is 1. The molecular weight excluding hydrogens is 805 g/mol. The number of unbranched alkanes of at least 4 members (excludes halogenated alkanes) is 1. The minimum Gasteiger partial charge on any atom is -0.458 e. The van der Waals surface area contributed by atoms with Gasteiger partial charge >= 0.3 is 12.1 Å². The first-order valence-corrected chi connectivity index (χ1v) is 21.7. The Hall–Kier alpha value is -4.40. The molecule has 6 heterocycles. The number of amides is 1. The van der Waals surface area contributed by atoms with Gasteiger partial charge in [-0.1, -0.05) is 50.3 Å². The number of para-hydroxylation sites is 1. The zero-order valence-corrected chi connectivity index (χ0v) is 37.4. The molecule has 7 unspecified atom stereocenters. The van der Waals surface area contributed by atoms with E-state index in [1.54, 1.807) is 55.8 Å². The van der Waals surface area contributed by atoms with Crippen LogP contribution in [0.3, 0.4) is 0 Å². The van der Waals surface area contributed by atoms with Gasteiger partial charge in [0.15, 0.2) is 24.0 Å². The molecule has 0 aliphatic carbocycles. The minimum absolute atomic E-state index is 0.0960. The van der Waals surface area contributed by atoms with Crippen LogP contribution in [0.25, 0.3) is 11.0 Å². The van der Waals surface area contributed by atoms with E-state index < -0.39 is 95.7 Å². The molecule has 7 rings (SSSR count). The zero-order chi connectivity index (χ0) is 44.8. The summed E-state index contributed by atoms with van der Waals surface area (Å²) in [5, 5.41) is 28.5. The molecule has 0 bridgehead atoms. The van der Waals surface area contributed by atoms with E-state index in [0.29, 0.717) is 25.9 Å². The van der Waals surface area contributed by atoms with Gasteiger partial charge in [0.05, 0.1) is 42.0 Å². The highest BCUT2D eigenvalue weighted by Gasteiger charge is 2.61. The van der Waals surface area contributed by atoms with Gasteiger partial charge in [0, 0.05) is 38.0 Å². The molecule has 4 saturated heterocycles. The van der Waals surface area contributed by atoms with E-state index in [2.05, 4.69) is 20.6 Å². The van der Waals surface area contributed by atoms with Crippen molar-refractivity contribution in [2.24, 2.45) is 23.7 Å². The molecule has 1 N–H and O–H groups in total. The summed E-state index contributed by atoms with van der Waals surface area (Å²) in [6, 6.07) is 6.41. The lowest BCUT2D eigenvalue weighted by Crippen LogP contribution is -2.60. The van der Waals surface area contributed by atoms with Gasteiger partial charge in [0.2, 0.25) is 0 Å². The Morgan fingerprint density at radius 2 is 1.68 bits per heavy atom. The number of ether oxygens (including phenoxy) is 6. The molecule has 340 valence electrons. The van der Waals surface area contributed by atoms with E-state index in [-0.39, 0.29) is 31.3 Å². The minimum atomic E-state index is -1.43. The molecule has 62 heavy (non-hydrogen) atoms. The van der Waals surface area contributed by atoms with Gasteiger partial charge in [-0.3, -0.25) is 19.1 Å². The van der Waals surface area contributed by atoms with Crippen molar-refractivity contribution in [1.82, 2.24) is 39.8 Å². The number of rotatable bonds is 12. The molecule has 19 heteroatoms. The first kappa shape index (κ1) is 45.6. The lowest BCUT2D eigenvalue weighted by Gasteiger charge is -2.45. The first-order chi connectivity index (χ1) is 29.4. The van der Waals surface area contributed by atoms with Crippen LogP contribution >= 0.6 is 0 Å². The van der Waals surface area contributed by atoms with Crippen LogP contribution in [-0.4, -0.2) is 157 Å². The number of fused-ring (bicyclic) bond motifs is 3. The number of carbonyl (C=O) groups is 4. The maximum Gasteiger partial charge on any atom is 0.410 e. The molecule has 0 saturated carbocycles. The Labute approximate surface area is 361 Å². The molecule has 2 aromatic heterocycles. The Bertz CT molecular complexity index is 2110. The van der Waals surface area contributed by atoms with Crippen molar-refractivity contribution in [3.8, 4) is 0 Å². The van der Waals surface area contributed by atoms with Crippen molar-refractivity contribution in [2.75, 3.05) is 27.7 Å². The van der Waals surface area contributed by atoms with E-state index in [0.717, 1.165) is 16.7 Å². The van der Waals surface area contributed by atoms with Gasteiger partial charge < -0.3 is 43.3 Å². The number of hydrogen-bond acceptors (Lipinski definition) is 16. The molecule has 1 aromatic carbocycles. The summed E-state index contributed by atoms with van der Waals surface area (Å²) in [4.78, 5) is 60.4. The highest BCUT2D eigenvalue weighted by molar-refractivity contribution is 6.00. The summed E-state index contributed by atoms with van der Waals surface area (Å²) >= 11 is 0. The number of aliphatic hydroxyl groups excluding tert-OH is 1. The molecule has 3 aromatic rings. The molecule has 0 radical (unpaired) electrons. The predicted octanol–water partition coefficient (Wildman–Crippen LogP) is 3.00. The van der Waals surface area contributed by atoms with Gasteiger partial charge in [0.25, 0.3) is 0 Å². The van der Waals surface area contributed by atoms with Crippen molar-refractivity contribution < 1.29 is 52.7 Å². The molecule has 4 aliphatic heterocycles. The normalized spacial score (nSPS) is 36.9. The number of methoxy groups -OCH3 is 1. The van der Waals surface area contributed by atoms with Crippen molar-refractivity contribution in [3.05, 3.63) is 36.2 Å². The highest BCUT2D eigenvalue weighted by atomic mass is 16.8. The SMILES string of the molecule is CCC1OC(=O)[C@H](C)C(=O)[C@H](C)[C@@H](OC2OC3OC3C(N(C)C)C2O)[C@@](C)(OC)C[C@@H](C)C(=O)[C@H](C)C2N(CCCCn3cc(Cn4nnc5ccccc54)nn3)C(=O)O[C@]12C. The second-order valence-electron chi connectivity index (χ2n) is 18.1. The first-order valence-electron chi connectivity index (χ1n) is 21.7. The van der Waals surface area contributed by atoms with Gasteiger partial charge in [-0.2, -0.15) is 0 Å². The number of likely N-dealkylation sites (N-methyl/N-ethyl adjacent to an activating group) is 1. The number of aliphatic hydroxyl groups is 1. The van der Waals surface area contributed by atoms with E-state index >= 15 is 0 Å². The number of Topliss-reactive ketones (excluding diaryl/α,β-unsaturated/α-hetero) is 2. The highest BCUT2D eigenvalue weighted by Crippen LogP contribution is 2.44. The van der Waals surface area contributed by atoms with Crippen LogP contribution in [0.5, 0.6) is 0 Å². The van der Waals surface area contributed by atoms with Gasteiger partial charge in [-0.25, -0.2) is 9.48 Å². The predicted molar refractivity (Wildman–Crippen MR) is 220 cm³/mol. The number of cyclic esters (lactones) is 1. The van der Waals surface area contributed by atoms with Crippen molar-refractivity contribution >= 4 is 34.7 Å². The molecule has 4 aliphatic rings. The Balaban J connectivity index is 1.11. The van der Waals surface area contributed by atoms with Crippen LogP contribution in [0.15, 0.2) is 30.5 Å². The van der Waals surface area contributed by atoms with Crippen LogP contribution in [0, 0.1) is 23.7 Å². The third-order valence-electron chi connectivity index (χ3n) is 13.6.